The number of hydrogen-bond acceptors (Lipinski definition) is 4. The molecular formula is C13H19N3O2S. The number of thioether (sulfide) groups is 1. The molecule has 1 aromatic rings. The van der Waals surface area contributed by atoms with Gasteiger partial charge in [0.15, 0.2) is 5.60 Å². The quantitative estimate of drug-likeness (QED) is 0.875. The van der Waals surface area contributed by atoms with Crippen molar-refractivity contribution in [3.63, 3.8) is 0 Å². The fourth-order valence-electron chi connectivity index (χ4n) is 2.87. The SMILES string of the molecule is O=C(N1CCCC(n2cccn2)C1)C1(O)CCSC1. The number of carbonyl (C=O) groups excluding carboxylic acids is 1. The molecule has 6 heteroatoms. The van der Waals surface area contributed by atoms with Crippen molar-refractivity contribution in [2.45, 2.75) is 30.9 Å². The molecule has 2 aliphatic heterocycles. The lowest BCUT2D eigenvalue weighted by Crippen LogP contribution is -2.52. The van der Waals surface area contributed by atoms with E-state index in [-0.39, 0.29) is 11.9 Å². The minimum atomic E-state index is -1.13. The molecule has 5 nitrogen and oxygen atoms in total. The maximum absolute atomic E-state index is 12.5. The topological polar surface area (TPSA) is 58.4 Å². The molecule has 104 valence electrons. The average molecular weight is 281 g/mol. The highest BCUT2D eigenvalue weighted by molar-refractivity contribution is 7.99. The standard InChI is InChI=1S/C13H19N3O2S/c17-12(13(18)4-8-19-10-13)15-6-1-3-11(9-15)16-7-2-5-14-16/h2,5,7,11,18H,1,3-4,6,8-10H2. The number of nitrogens with zero attached hydrogens (tertiary/aromatic N) is 3. The van der Waals surface area contributed by atoms with Crippen LogP contribution in [0.4, 0.5) is 0 Å². The van der Waals surface area contributed by atoms with Crippen LogP contribution in [0.2, 0.25) is 0 Å². The van der Waals surface area contributed by atoms with Gasteiger partial charge >= 0.3 is 0 Å². The summed E-state index contributed by atoms with van der Waals surface area (Å²) >= 11 is 1.66. The molecule has 2 unspecified atom stereocenters. The van der Waals surface area contributed by atoms with Crippen LogP contribution in [0.25, 0.3) is 0 Å². The van der Waals surface area contributed by atoms with Gasteiger partial charge in [-0.2, -0.15) is 16.9 Å². The Bertz CT molecular complexity index is 443. The van der Waals surface area contributed by atoms with Crippen LogP contribution >= 0.6 is 11.8 Å². The van der Waals surface area contributed by atoms with E-state index in [0.29, 0.717) is 18.7 Å². The van der Waals surface area contributed by atoms with E-state index in [4.69, 9.17) is 0 Å². The first-order valence-corrected chi connectivity index (χ1v) is 7.93. The molecule has 0 bridgehead atoms. The van der Waals surface area contributed by atoms with Crippen LogP contribution in [0.5, 0.6) is 0 Å². The summed E-state index contributed by atoms with van der Waals surface area (Å²) in [6.45, 7) is 1.41. The zero-order valence-corrected chi connectivity index (χ0v) is 11.7. The monoisotopic (exact) mass is 281 g/mol. The highest BCUT2D eigenvalue weighted by Crippen LogP contribution is 2.31. The van der Waals surface area contributed by atoms with Gasteiger partial charge in [-0.1, -0.05) is 0 Å². The van der Waals surface area contributed by atoms with Crippen molar-refractivity contribution >= 4 is 17.7 Å². The van der Waals surface area contributed by atoms with Crippen molar-refractivity contribution in [3.05, 3.63) is 18.5 Å². The van der Waals surface area contributed by atoms with Crippen LogP contribution in [0.3, 0.4) is 0 Å². The molecule has 19 heavy (non-hydrogen) atoms. The second-order valence-corrected chi connectivity index (χ2v) is 6.47. The molecule has 1 N–H and O–H groups in total. The summed E-state index contributed by atoms with van der Waals surface area (Å²) in [7, 11) is 0. The number of aliphatic hydroxyl groups is 1. The molecular weight excluding hydrogens is 262 g/mol. The minimum absolute atomic E-state index is 0.0886. The Kier molecular flexibility index (Phi) is 3.54. The third-order valence-corrected chi connectivity index (χ3v) is 5.16. The minimum Gasteiger partial charge on any atom is -0.379 e. The maximum atomic E-state index is 12.5. The first-order chi connectivity index (χ1) is 9.19. The van der Waals surface area contributed by atoms with Crippen molar-refractivity contribution in [1.29, 1.82) is 0 Å². The molecule has 0 radical (unpaired) electrons. The Morgan fingerprint density at radius 1 is 1.53 bits per heavy atom. The lowest BCUT2D eigenvalue weighted by molar-refractivity contribution is -0.150. The highest BCUT2D eigenvalue weighted by Gasteiger charge is 2.43. The predicted molar refractivity (Wildman–Crippen MR) is 74.0 cm³/mol. The number of piperidine rings is 1. The van der Waals surface area contributed by atoms with Crippen LogP contribution in [0, 0.1) is 0 Å². The van der Waals surface area contributed by atoms with Gasteiger partial charge in [-0.25, -0.2) is 0 Å². The third-order valence-electron chi connectivity index (χ3n) is 3.98. The van der Waals surface area contributed by atoms with Crippen LogP contribution in [-0.2, 0) is 4.79 Å². The molecule has 3 heterocycles. The Morgan fingerprint density at radius 3 is 3.11 bits per heavy atom. The molecule has 1 amide bonds. The Morgan fingerprint density at radius 2 is 2.42 bits per heavy atom. The van der Waals surface area contributed by atoms with E-state index < -0.39 is 5.60 Å². The number of hydrogen-bond donors (Lipinski definition) is 1. The van der Waals surface area contributed by atoms with Crippen LogP contribution in [-0.4, -0.2) is 55.9 Å². The Labute approximate surface area is 117 Å². The van der Waals surface area contributed by atoms with Gasteiger partial charge in [0.2, 0.25) is 0 Å². The molecule has 2 aliphatic rings. The molecule has 3 rings (SSSR count). The lowest BCUT2D eigenvalue weighted by Gasteiger charge is -2.36. The number of likely N-dealkylation sites (tertiary alicyclic amines) is 1. The number of rotatable bonds is 2. The number of aromatic nitrogens is 2. The van der Waals surface area contributed by atoms with Gasteiger partial charge < -0.3 is 10.0 Å². The van der Waals surface area contributed by atoms with E-state index in [2.05, 4.69) is 5.10 Å². The molecule has 2 atom stereocenters. The summed E-state index contributed by atoms with van der Waals surface area (Å²) in [5.41, 5.74) is -1.13. The van der Waals surface area contributed by atoms with E-state index in [9.17, 15) is 9.90 Å². The van der Waals surface area contributed by atoms with Gasteiger partial charge in [-0.05, 0) is 31.1 Å². The van der Waals surface area contributed by atoms with Crippen molar-refractivity contribution in [2.75, 3.05) is 24.6 Å². The third kappa shape index (κ3) is 2.51. The van der Waals surface area contributed by atoms with Gasteiger partial charge in [0.25, 0.3) is 5.91 Å². The predicted octanol–water partition coefficient (Wildman–Crippen LogP) is 0.915. The molecule has 2 fully saturated rings. The van der Waals surface area contributed by atoms with Crippen molar-refractivity contribution in [1.82, 2.24) is 14.7 Å². The normalized spacial score (nSPS) is 31.6. The summed E-state index contributed by atoms with van der Waals surface area (Å²) in [4.78, 5) is 14.3. The summed E-state index contributed by atoms with van der Waals surface area (Å²) in [6, 6.07) is 2.15. The fourth-order valence-corrected chi connectivity index (χ4v) is 4.10. The highest BCUT2D eigenvalue weighted by atomic mass is 32.2. The summed E-state index contributed by atoms with van der Waals surface area (Å²) in [6.07, 6.45) is 6.30. The Hall–Kier alpha value is -1.01. The van der Waals surface area contributed by atoms with E-state index in [1.165, 1.54) is 0 Å². The number of carbonyl (C=O) groups is 1. The van der Waals surface area contributed by atoms with Crippen molar-refractivity contribution in [3.8, 4) is 0 Å². The van der Waals surface area contributed by atoms with Gasteiger partial charge in [-0.15, -0.1) is 0 Å². The maximum Gasteiger partial charge on any atom is 0.255 e. The van der Waals surface area contributed by atoms with Crippen LogP contribution < -0.4 is 0 Å². The first-order valence-electron chi connectivity index (χ1n) is 6.78. The average Bonchev–Trinajstić information content (AvgIpc) is 3.10. The molecule has 0 spiro atoms. The van der Waals surface area contributed by atoms with E-state index in [1.807, 2.05) is 21.8 Å². The van der Waals surface area contributed by atoms with Gasteiger partial charge in [0.1, 0.15) is 0 Å². The molecule has 0 saturated carbocycles. The second-order valence-electron chi connectivity index (χ2n) is 5.37. The molecule has 2 saturated heterocycles. The summed E-state index contributed by atoms with van der Waals surface area (Å²) in [5, 5.41) is 14.7. The van der Waals surface area contributed by atoms with Gasteiger partial charge in [0.05, 0.1) is 6.04 Å². The van der Waals surface area contributed by atoms with Crippen molar-refractivity contribution < 1.29 is 9.90 Å². The zero-order chi connectivity index (χ0) is 13.3. The lowest BCUT2D eigenvalue weighted by atomic mass is 9.98. The molecule has 1 aromatic heterocycles. The summed E-state index contributed by atoms with van der Waals surface area (Å²) in [5.74, 6) is 1.32. The smallest absolute Gasteiger partial charge is 0.255 e. The second kappa shape index (κ2) is 5.17. The molecule has 0 aromatic carbocycles. The fraction of sp³-hybridized carbons (Fsp3) is 0.692. The summed E-state index contributed by atoms with van der Waals surface area (Å²) < 4.78 is 1.92. The van der Waals surface area contributed by atoms with Gasteiger partial charge in [-0.3, -0.25) is 9.48 Å². The van der Waals surface area contributed by atoms with Gasteiger partial charge in [0, 0.05) is 31.2 Å². The van der Waals surface area contributed by atoms with E-state index in [1.54, 1.807) is 18.0 Å². The van der Waals surface area contributed by atoms with E-state index >= 15 is 0 Å². The van der Waals surface area contributed by atoms with Crippen LogP contribution in [0.15, 0.2) is 18.5 Å². The van der Waals surface area contributed by atoms with Crippen LogP contribution in [0.1, 0.15) is 25.3 Å². The van der Waals surface area contributed by atoms with E-state index in [0.717, 1.165) is 25.1 Å². The zero-order valence-electron chi connectivity index (χ0n) is 10.9. The first kappa shape index (κ1) is 13.0. The number of amides is 1. The molecule has 0 aliphatic carbocycles. The van der Waals surface area contributed by atoms with Crippen molar-refractivity contribution in [2.24, 2.45) is 0 Å². The Balaban J connectivity index is 1.69. The largest absolute Gasteiger partial charge is 0.379 e.